The zero-order chi connectivity index (χ0) is 8.72. The lowest BCUT2D eigenvalue weighted by atomic mass is 10.1. The van der Waals surface area contributed by atoms with Gasteiger partial charge in [-0.25, -0.2) is 4.98 Å². The summed E-state index contributed by atoms with van der Waals surface area (Å²) in [6.45, 7) is 1.87. The number of rotatable bonds is 1. The third-order valence-corrected chi connectivity index (χ3v) is 2.55. The highest BCUT2D eigenvalue weighted by Gasteiger charge is 2.26. The molecule has 1 saturated carbocycles. The molecule has 1 aliphatic rings. The van der Waals surface area contributed by atoms with Gasteiger partial charge in [-0.2, -0.15) is 0 Å². The van der Waals surface area contributed by atoms with Gasteiger partial charge in [0.15, 0.2) is 0 Å². The van der Waals surface area contributed by atoms with Gasteiger partial charge in [0, 0.05) is 0 Å². The number of pyridine rings is 1. The van der Waals surface area contributed by atoms with E-state index < -0.39 is 0 Å². The molecule has 2 nitrogen and oxygen atoms in total. The minimum absolute atomic E-state index is 0.618. The Balaban J connectivity index is 2.47. The van der Waals surface area contributed by atoms with Crippen LogP contribution in [0.5, 0.6) is 0 Å². The lowest BCUT2D eigenvalue weighted by Gasteiger charge is -2.05. The maximum atomic E-state index is 5.97. The molecule has 64 valence electrons. The van der Waals surface area contributed by atoms with Crippen molar-refractivity contribution >= 4 is 17.3 Å². The van der Waals surface area contributed by atoms with Gasteiger partial charge in [0.25, 0.3) is 0 Å². The second-order valence-electron chi connectivity index (χ2n) is 3.32. The Bertz CT molecular complexity index is 319. The van der Waals surface area contributed by atoms with Crippen LogP contribution in [-0.4, -0.2) is 4.98 Å². The molecular weight excluding hydrogens is 172 g/mol. The van der Waals surface area contributed by atoms with E-state index in [-0.39, 0.29) is 0 Å². The van der Waals surface area contributed by atoms with Crippen molar-refractivity contribution in [2.24, 2.45) is 0 Å². The van der Waals surface area contributed by atoms with Crippen molar-refractivity contribution in [3.63, 3.8) is 0 Å². The molecule has 0 aliphatic heterocycles. The fourth-order valence-electron chi connectivity index (χ4n) is 1.29. The molecule has 0 bridgehead atoms. The quantitative estimate of drug-likeness (QED) is 0.678. The summed E-state index contributed by atoms with van der Waals surface area (Å²) in [5.74, 6) is 0.618. The summed E-state index contributed by atoms with van der Waals surface area (Å²) in [7, 11) is 0. The summed E-state index contributed by atoms with van der Waals surface area (Å²) in [4.78, 5) is 4.17. The Labute approximate surface area is 76.7 Å². The van der Waals surface area contributed by atoms with E-state index in [4.69, 9.17) is 17.3 Å². The Morgan fingerprint density at radius 3 is 2.83 bits per heavy atom. The monoisotopic (exact) mass is 182 g/mol. The van der Waals surface area contributed by atoms with Crippen LogP contribution in [0, 0.1) is 6.92 Å². The van der Waals surface area contributed by atoms with Gasteiger partial charge in [0.2, 0.25) is 0 Å². The van der Waals surface area contributed by atoms with Gasteiger partial charge >= 0.3 is 0 Å². The van der Waals surface area contributed by atoms with E-state index in [0.717, 1.165) is 16.9 Å². The van der Waals surface area contributed by atoms with Crippen molar-refractivity contribution in [1.29, 1.82) is 0 Å². The van der Waals surface area contributed by atoms with Gasteiger partial charge in [0.05, 0.1) is 11.4 Å². The van der Waals surface area contributed by atoms with E-state index in [2.05, 4.69) is 4.98 Å². The molecule has 12 heavy (non-hydrogen) atoms. The van der Waals surface area contributed by atoms with Crippen LogP contribution in [0.4, 0.5) is 5.69 Å². The molecule has 0 amide bonds. The zero-order valence-corrected chi connectivity index (χ0v) is 7.73. The Kier molecular flexibility index (Phi) is 1.72. The number of nitrogen functional groups attached to an aromatic ring is 1. The molecule has 0 aromatic carbocycles. The molecule has 1 aliphatic carbocycles. The van der Waals surface area contributed by atoms with Gasteiger partial charge in [-0.15, -0.1) is 0 Å². The van der Waals surface area contributed by atoms with Crippen LogP contribution in [0.3, 0.4) is 0 Å². The highest BCUT2D eigenvalue weighted by molar-refractivity contribution is 6.30. The maximum absolute atomic E-state index is 5.97. The summed E-state index contributed by atoms with van der Waals surface area (Å²) in [6.07, 6.45) is 2.45. The topological polar surface area (TPSA) is 38.9 Å². The lowest BCUT2D eigenvalue weighted by molar-refractivity contribution is 1.07. The molecule has 2 N–H and O–H groups in total. The van der Waals surface area contributed by atoms with Gasteiger partial charge in [-0.05, 0) is 37.3 Å². The SMILES string of the molecule is Cc1nc(Cl)c(C2CC2)cc1N. The molecule has 1 heterocycles. The molecule has 2 rings (SSSR count). The molecule has 1 aromatic rings. The zero-order valence-electron chi connectivity index (χ0n) is 6.97. The minimum Gasteiger partial charge on any atom is -0.397 e. The van der Waals surface area contributed by atoms with Crippen molar-refractivity contribution in [2.45, 2.75) is 25.7 Å². The van der Waals surface area contributed by atoms with Crippen molar-refractivity contribution in [3.8, 4) is 0 Å². The van der Waals surface area contributed by atoms with Crippen LogP contribution in [0.1, 0.15) is 30.0 Å². The van der Waals surface area contributed by atoms with Crippen molar-refractivity contribution in [2.75, 3.05) is 5.73 Å². The average molecular weight is 183 g/mol. The highest BCUT2D eigenvalue weighted by atomic mass is 35.5. The van der Waals surface area contributed by atoms with Crippen LogP contribution in [0.15, 0.2) is 6.07 Å². The number of aryl methyl sites for hydroxylation is 1. The first-order chi connectivity index (χ1) is 5.68. The van der Waals surface area contributed by atoms with Gasteiger partial charge < -0.3 is 5.73 Å². The highest BCUT2D eigenvalue weighted by Crippen LogP contribution is 2.43. The fourth-order valence-corrected chi connectivity index (χ4v) is 1.62. The second-order valence-corrected chi connectivity index (χ2v) is 3.68. The predicted molar refractivity (Wildman–Crippen MR) is 50.4 cm³/mol. The minimum atomic E-state index is 0.618. The summed E-state index contributed by atoms with van der Waals surface area (Å²) in [5, 5.41) is 0.629. The van der Waals surface area contributed by atoms with Crippen LogP contribution in [0.25, 0.3) is 0 Å². The molecule has 0 spiro atoms. The van der Waals surface area contributed by atoms with Gasteiger partial charge in [-0.1, -0.05) is 11.6 Å². The molecule has 0 radical (unpaired) electrons. The predicted octanol–water partition coefficient (Wildman–Crippen LogP) is 2.50. The Morgan fingerprint density at radius 1 is 1.58 bits per heavy atom. The number of halogens is 1. The first-order valence-electron chi connectivity index (χ1n) is 4.11. The third-order valence-electron chi connectivity index (χ3n) is 2.25. The normalized spacial score (nSPS) is 16.5. The summed E-state index contributed by atoms with van der Waals surface area (Å²) >= 11 is 5.97. The van der Waals surface area contributed by atoms with Crippen LogP contribution < -0.4 is 5.73 Å². The standard InChI is InChI=1S/C9H11ClN2/c1-5-8(11)4-7(6-2-3-6)9(10)12-5/h4,6H,2-3,11H2,1H3. The molecule has 0 atom stereocenters. The van der Waals surface area contributed by atoms with Crippen molar-refractivity contribution in [3.05, 3.63) is 22.5 Å². The van der Waals surface area contributed by atoms with E-state index in [0.29, 0.717) is 11.1 Å². The van der Waals surface area contributed by atoms with Crippen LogP contribution >= 0.6 is 11.6 Å². The smallest absolute Gasteiger partial charge is 0.132 e. The Hall–Kier alpha value is -0.760. The first-order valence-corrected chi connectivity index (χ1v) is 4.49. The lowest BCUT2D eigenvalue weighted by Crippen LogP contribution is -1.96. The fraction of sp³-hybridized carbons (Fsp3) is 0.444. The number of aromatic nitrogens is 1. The largest absolute Gasteiger partial charge is 0.397 e. The van der Waals surface area contributed by atoms with E-state index in [1.807, 2.05) is 13.0 Å². The Morgan fingerprint density at radius 2 is 2.25 bits per heavy atom. The van der Waals surface area contributed by atoms with Gasteiger partial charge in [0.1, 0.15) is 5.15 Å². The van der Waals surface area contributed by atoms with Crippen LogP contribution in [-0.2, 0) is 0 Å². The molecule has 0 unspecified atom stereocenters. The van der Waals surface area contributed by atoms with E-state index >= 15 is 0 Å². The number of nitrogens with zero attached hydrogens (tertiary/aromatic N) is 1. The van der Waals surface area contributed by atoms with E-state index in [9.17, 15) is 0 Å². The van der Waals surface area contributed by atoms with E-state index in [1.54, 1.807) is 0 Å². The maximum Gasteiger partial charge on any atom is 0.132 e. The average Bonchev–Trinajstić information content (AvgIpc) is 2.79. The van der Waals surface area contributed by atoms with Crippen molar-refractivity contribution in [1.82, 2.24) is 4.98 Å². The summed E-state index contributed by atoms with van der Waals surface area (Å²) in [5.41, 5.74) is 8.43. The molecule has 3 heteroatoms. The number of hydrogen-bond acceptors (Lipinski definition) is 2. The second kappa shape index (κ2) is 2.63. The number of anilines is 1. The summed E-state index contributed by atoms with van der Waals surface area (Å²) < 4.78 is 0. The van der Waals surface area contributed by atoms with Crippen molar-refractivity contribution < 1.29 is 0 Å². The molecular formula is C9H11ClN2. The molecule has 1 aromatic heterocycles. The van der Waals surface area contributed by atoms with E-state index in [1.165, 1.54) is 12.8 Å². The van der Waals surface area contributed by atoms with Crippen LogP contribution in [0.2, 0.25) is 5.15 Å². The number of nitrogens with two attached hydrogens (primary N) is 1. The van der Waals surface area contributed by atoms with Gasteiger partial charge in [-0.3, -0.25) is 0 Å². The number of hydrogen-bond donors (Lipinski definition) is 1. The molecule has 1 fully saturated rings. The molecule has 0 saturated heterocycles. The summed E-state index contributed by atoms with van der Waals surface area (Å²) in [6, 6.07) is 1.96. The first kappa shape index (κ1) is 7.87. The third kappa shape index (κ3) is 1.27.